The normalized spacial score (nSPS) is 14.3. The summed E-state index contributed by atoms with van der Waals surface area (Å²) in [6.45, 7) is 0. The van der Waals surface area contributed by atoms with E-state index in [1.54, 1.807) is 24.3 Å². The number of fused-ring (bicyclic) bond motifs is 1. The number of nitrogens with one attached hydrogen (secondary N) is 2. The summed E-state index contributed by atoms with van der Waals surface area (Å²) in [6.07, 6.45) is 6.49. The molecule has 0 saturated heterocycles. The molecule has 0 atom stereocenters. The number of carbonyl (C=O) groups is 2. The zero-order chi connectivity index (χ0) is 22.8. The van der Waals surface area contributed by atoms with Crippen molar-refractivity contribution in [2.45, 2.75) is 32.1 Å². The van der Waals surface area contributed by atoms with Crippen molar-refractivity contribution in [2.24, 2.45) is 20.0 Å². The van der Waals surface area contributed by atoms with Gasteiger partial charge in [-0.15, -0.1) is 0 Å². The van der Waals surface area contributed by atoms with E-state index in [0.29, 0.717) is 16.9 Å². The van der Waals surface area contributed by atoms with E-state index in [2.05, 4.69) is 15.6 Å². The van der Waals surface area contributed by atoms with Gasteiger partial charge < -0.3 is 10.6 Å². The van der Waals surface area contributed by atoms with E-state index >= 15 is 0 Å². The van der Waals surface area contributed by atoms with E-state index in [0.717, 1.165) is 30.3 Å². The largest absolute Gasteiger partial charge is 0.332 e. The fraction of sp³-hybridized carbons (Fsp3) is 0.348. The molecule has 2 amide bonds. The molecule has 2 N–H and O–H groups in total. The summed E-state index contributed by atoms with van der Waals surface area (Å²) in [6, 6.07) is 8.21. The van der Waals surface area contributed by atoms with Crippen molar-refractivity contribution in [3.05, 3.63) is 62.9 Å². The highest BCUT2D eigenvalue weighted by Gasteiger charge is 2.21. The van der Waals surface area contributed by atoms with Crippen LogP contribution in [0.3, 0.4) is 0 Å². The molecule has 2 aromatic heterocycles. The minimum Gasteiger partial charge on any atom is -0.326 e. The topological polar surface area (TPSA) is 115 Å². The number of carbonyl (C=O) groups excluding carboxylic acids is 2. The fourth-order valence-corrected chi connectivity index (χ4v) is 4.08. The first-order valence-electron chi connectivity index (χ1n) is 10.6. The standard InChI is InChI=1S/C23H25N5O4/c1-27-19-18(22(31)28(2)23(27)32)12-17(13-24-19)26-21(30)15-9-6-10-16(11-15)25-20(29)14-7-4-3-5-8-14/h6,9-14H,3-5,7-8H2,1-2H3,(H,25,29)(H,26,30). The number of aromatic nitrogens is 3. The summed E-state index contributed by atoms with van der Waals surface area (Å²) in [5, 5.41) is 5.86. The number of pyridine rings is 1. The third-order valence-electron chi connectivity index (χ3n) is 5.92. The molecular formula is C23H25N5O4. The van der Waals surface area contributed by atoms with Crippen LogP contribution in [0.25, 0.3) is 11.0 Å². The quantitative estimate of drug-likeness (QED) is 0.653. The Morgan fingerprint density at radius 2 is 1.72 bits per heavy atom. The summed E-state index contributed by atoms with van der Waals surface area (Å²) in [4.78, 5) is 53.9. The molecule has 1 aliphatic carbocycles. The minimum absolute atomic E-state index is 0.0116. The Morgan fingerprint density at radius 1 is 0.969 bits per heavy atom. The molecule has 1 aliphatic rings. The monoisotopic (exact) mass is 435 g/mol. The Hall–Kier alpha value is -3.75. The zero-order valence-corrected chi connectivity index (χ0v) is 18.1. The molecule has 9 heteroatoms. The molecule has 4 rings (SSSR count). The Bertz CT molecular complexity index is 1320. The van der Waals surface area contributed by atoms with Crippen LogP contribution in [-0.2, 0) is 18.9 Å². The highest BCUT2D eigenvalue weighted by atomic mass is 16.2. The molecule has 166 valence electrons. The Labute approximate surface area is 184 Å². The van der Waals surface area contributed by atoms with Crippen molar-refractivity contribution in [3.63, 3.8) is 0 Å². The molecule has 32 heavy (non-hydrogen) atoms. The number of benzene rings is 1. The molecule has 9 nitrogen and oxygen atoms in total. The number of hydrogen-bond acceptors (Lipinski definition) is 5. The summed E-state index contributed by atoms with van der Waals surface area (Å²) >= 11 is 0. The lowest BCUT2D eigenvalue weighted by Crippen LogP contribution is -2.37. The second-order valence-corrected chi connectivity index (χ2v) is 8.16. The van der Waals surface area contributed by atoms with Gasteiger partial charge in [0.25, 0.3) is 11.5 Å². The van der Waals surface area contributed by atoms with Gasteiger partial charge in [0.15, 0.2) is 0 Å². The summed E-state index contributed by atoms with van der Waals surface area (Å²) in [5.41, 5.74) is 0.532. The summed E-state index contributed by atoms with van der Waals surface area (Å²) in [5.74, 6) is -0.396. The Balaban J connectivity index is 1.53. The molecular weight excluding hydrogens is 410 g/mol. The van der Waals surface area contributed by atoms with Crippen molar-refractivity contribution in [3.8, 4) is 0 Å². The van der Waals surface area contributed by atoms with Crippen LogP contribution in [-0.4, -0.2) is 25.9 Å². The van der Waals surface area contributed by atoms with Crippen LogP contribution in [0.4, 0.5) is 11.4 Å². The highest BCUT2D eigenvalue weighted by molar-refractivity contribution is 6.06. The van der Waals surface area contributed by atoms with Crippen molar-refractivity contribution >= 4 is 34.2 Å². The lowest BCUT2D eigenvalue weighted by Gasteiger charge is -2.20. The lowest BCUT2D eigenvalue weighted by atomic mass is 9.88. The molecule has 1 aromatic carbocycles. The second kappa shape index (κ2) is 8.78. The van der Waals surface area contributed by atoms with Gasteiger partial charge in [-0.05, 0) is 37.1 Å². The third-order valence-corrected chi connectivity index (χ3v) is 5.92. The summed E-state index contributed by atoms with van der Waals surface area (Å²) in [7, 11) is 2.92. The van der Waals surface area contributed by atoms with Gasteiger partial charge in [-0.25, -0.2) is 9.78 Å². The Morgan fingerprint density at radius 3 is 2.47 bits per heavy atom. The number of anilines is 2. The minimum atomic E-state index is -0.487. The van der Waals surface area contributed by atoms with Crippen LogP contribution >= 0.6 is 0 Å². The molecule has 0 radical (unpaired) electrons. The fourth-order valence-electron chi connectivity index (χ4n) is 4.08. The lowest BCUT2D eigenvalue weighted by molar-refractivity contribution is -0.120. The van der Waals surface area contributed by atoms with E-state index in [1.807, 2.05) is 0 Å². The van der Waals surface area contributed by atoms with Crippen LogP contribution in [0.15, 0.2) is 46.1 Å². The van der Waals surface area contributed by atoms with E-state index in [-0.39, 0.29) is 22.9 Å². The van der Waals surface area contributed by atoms with Gasteiger partial charge in [0.1, 0.15) is 5.65 Å². The molecule has 0 spiro atoms. The molecule has 0 aliphatic heterocycles. The van der Waals surface area contributed by atoms with Crippen LogP contribution in [0.2, 0.25) is 0 Å². The maximum Gasteiger partial charge on any atom is 0.332 e. The SMILES string of the molecule is Cn1c(=O)c2cc(NC(=O)c3cccc(NC(=O)C4CCCCC4)c3)cnc2n(C)c1=O. The van der Waals surface area contributed by atoms with Crippen molar-refractivity contribution in [1.82, 2.24) is 14.1 Å². The number of amides is 2. The van der Waals surface area contributed by atoms with Gasteiger partial charge >= 0.3 is 5.69 Å². The first-order valence-corrected chi connectivity index (χ1v) is 10.6. The maximum absolute atomic E-state index is 12.8. The molecule has 3 aromatic rings. The average molecular weight is 435 g/mol. The van der Waals surface area contributed by atoms with Gasteiger partial charge in [-0.2, -0.15) is 0 Å². The molecule has 0 bridgehead atoms. The molecule has 1 saturated carbocycles. The van der Waals surface area contributed by atoms with Crippen LogP contribution < -0.4 is 21.9 Å². The van der Waals surface area contributed by atoms with Gasteiger partial charge in [0.2, 0.25) is 5.91 Å². The number of hydrogen-bond donors (Lipinski definition) is 2. The van der Waals surface area contributed by atoms with Crippen molar-refractivity contribution in [1.29, 1.82) is 0 Å². The smallest absolute Gasteiger partial charge is 0.326 e. The number of nitrogens with zero attached hydrogens (tertiary/aromatic N) is 3. The molecule has 1 fully saturated rings. The number of rotatable bonds is 4. The second-order valence-electron chi connectivity index (χ2n) is 8.16. The molecule has 2 heterocycles. The van der Waals surface area contributed by atoms with Crippen LogP contribution in [0.1, 0.15) is 42.5 Å². The van der Waals surface area contributed by atoms with E-state index in [1.165, 1.54) is 37.3 Å². The van der Waals surface area contributed by atoms with Crippen molar-refractivity contribution < 1.29 is 9.59 Å². The highest BCUT2D eigenvalue weighted by Crippen LogP contribution is 2.25. The van der Waals surface area contributed by atoms with E-state index in [9.17, 15) is 19.2 Å². The van der Waals surface area contributed by atoms with E-state index in [4.69, 9.17) is 0 Å². The summed E-state index contributed by atoms with van der Waals surface area (Å²) < 4.78 is 2.27. The number of aryl methyl sites for hydroxylation is 1. The predicted molar refractivity (Wildman–Crippen MR) is 122 cm³/mol. The first-order chi connectivity index (χ1) is 15.3. The van der Waals surface area contributed by atoms with Gasteiger partial charge in [0.05, 0.1) is 17.3 Å². The predicted octanol–water partition coefficient (Wildman–Crippen LogP) is 2.40. The third kappa shape index (κ3) is 4.18. The maximum atomic E-state index is 12.8. The zero-order valence-electron chi connectivity index (χ0n) is 18.1. The Kier molecular flexibility index (Phi) is 5.89. The molecule has 0 unspecified atom stereocenters. The van der Waals surface area contributed by atoms with Crippen LogP contribution in [0, 0.1) is 5.92 Å². The average Bonchev–Trinajstić information content (AvgIpc) is 2.82. The van der Waals surface area contributed by atoms with Gasteiger partial charge in [-0.1, -0.05) is 25.3 Å². The van der Waals surface area contributed by atoms with Gasteiger partial charge in [0, 0.05) is 31.3 Å². The van der Waals surface area contributed by atoms with Crippen LogP contribution in [0.5, 0.6) is 0 Å². The van der Waals surface area contributed by atoms with Crippen molar-refractivity contribution in [2.75, 3.05) is 10.6 Å². The first kappa shape index (κ1) is 21.5. The van der Waals surface area contributed by atoms with Gasteiger partial charge in [-0.3, -0.25) is 23.5 Å². The van der Waals surface area contributed by atoms with E-state index < -0.39 is 17.2 Å².